The van der Waals surface area contributed by atoms with E-state index in [0.29, 0.717) is 13.1 Å². The number of unbranched alkanes of at least 4 members (excludes halogenated alkanes) is 2. The minimum absolute atomic E-state index is 0.400. The Hall–Kier alpha value is -1.66. The second-order valence-electron chi connectivity index (χ2n) is 6.54. The van der Waals surface area contributed by atoms with E-state index in [1.807, 2.05) is 46.6 Å². The fourth-order valence-electron chi connectivity index (χ4n) is 2.71. The molecule has 6 nitrogen and oxygen atoms in total. The quantitative estimate of drug-likeness (QED) is 0.599. The van der Waals surface area contributed by atoms with E-state index >= 15 is 0 Å². The Bertz CT molecular complexity index is 541. The first-order valence-electron chi connectivity index (χ1n) is 9.08. The molecule has 2 N–H and O–H groups in total. The van der Waals surface area contributed by atoms with Crippen LogP contribution in [0.5, 0.6) is 0 Å². The summed E-state index contributed by atoms with van der Waals surface area (Å²) < 4.78 is 8.09. The van der Waals surface area contributed by atoms with Gasteiger partial charge in [0, 0.05) is 0 Å². The number of rotatable bonds is 11. The molecule has 0 unspecified atom stereocenters. The first-order valence-corrected chi connectivity index (χ1v) is 9.08. The lowest BCUT2D eigenvalue weighted by atomic mass is 10.2. The third-order valence-electron chi connectivity index (χ3n) is 4.27. The Labute approximate surface area is 144 Å². The number of nitrogens with zero attached hydrogens (tertiary/aromatic N) is 4. The van der Waals surface area contributed by atoms with E-state index < -0.39 is 12.2 Å². The lowest BCUT2D eigenvalue weighted by molar-refractivity contribution is -0.719. The van der Waals surface area contributed by atoms with E-state index in [9.17, 15) is 10.2 Å². The normalized spacial score (nSPS) is 14.0. The molecule has 2 aromatic rings. The van der Waals surface area contributed by atoms with Gasteiger partial charge in [-0.2, -0.15) is 0 Å². The molecule has 0 aliphatic carbocycles. The molecule has 2 rings (SSSR count). The third-order valence-corrected chi connectivity index (χ3v) is 4.27. The summed E-state index contributed by atoms with van der Waals surface area (Å²) >= 11 is 0. The zero-order chi connectivity index (χ0) is 17.4. The first-order chi connectivity index (χ1) is 11.6. The summed E-state index contributed by atoms with van der Waals surface area (Å²) in [5, 5.41) is 20.5. The van der Waals surface area contributed by atoms with Gasteiger partial charge in [0.05, 0.1) is 13.1 Å². The summed E-state index contributed by atoms with van der Waals surface area (Å²) in [6.45, 7) is 7.12. The highest BCUT2D eigenvalue weighted by Crippen LogP contribution is 1.98. The summed E-state index contributed by atoms with van der Waals surface area (Å²) in [4.78, 5) is 0. The van der Waals surface area contributed by atoms with Crippen molar-refractivity contribution in [2.45, 2.75) is 77.9 Å². The maximum Gasteiger partial charge on any atom is 0.243 e. The molecule has 134 valence electrons. The lowest BCUT2D eigenvalue weighted by Gasteiger charge is -2.14. The Morgan fingerprint density at radius 1 is 0.792 bits per heavy atom. The number of imidazole rings is 2. The molecule has 6 heteroatoms. The molecule has 0 saturated carbocycles. The van der Waals surface area contributed by atoms with Crippen molar-refractivity contribution in [1.82, 2.24) is 9.13 Å². The van der Waals surface area contributed by atoms with Crippen LogP contribution in [0.4, 0.5) is 0 Å². The van der Waals surface area contributed by atoms with Crippen LogP contribution in [0.3, 0.4) is 0 Å². The van der Waals surface area contributed by atoms with Crippen LogP contribution in [0.1, 0.15) is 39.5 Å². The molecule has 0 fully saturated rings. The highest BCUT2D eigenvalue weighted by Gasteiger charge is 2.22. The number of hydrogen-bond acceptors (Lipinski definition) is 2. The van der Waals surface area contributed by atoms with Crippen molar-refractivity contribution in [3.63, 3.8) is 0 Å². The zero-order valence-corrected chi connectivity index (χ0v) is 15.0. The molecule has 0 spiro atoms. The molecular formula is C18H32N4O2+2. The standard InChI is InChI=1S/C18H32N4O2/c1-3-5-7-19-9-11-21(15-19)13-17(23)18(24)14-22-12-10-20(16-22)8-6-4-2/h9-12,15-18,23-24H,3-8,13-14H2,1-2H3/q+2/t17-,18-/m0/s1. The fourth-order valence-corrected chi connectivity index (χ4v) is 2.71. The molecular weight excluding hydrogens is 304 g/mol. The average molecular weight is 336 g/mol. The number of aliphatic hydroxyl groups is 2. The summed E-state index contributed by atoms with van der Waals surface area (Å²) in [7, 11) is 0. The molecule has 24 heavy (non-hydrogen) atoms. The first kappa shape index (κ1) is 18.7. The summed E-state index contributed by atoms with van der Waals surface area (Å²) in [5.74, 6) is 0. The Morgan fingerprint density at radius 3 is 1.58 bits per heavy atom. The number of aromatic nitrogens is 4. The maximum absolute atomic E-state index is 10.3. The van der Waals surface area contributed by atoms with Gasteiger partial charge in [-0.05, 0) is 12.8 Å². The molecule has 2 atom stereocenters. The van der Waals surface area contributed by atoms with Crippen LogP contribution in [-0.2, 0) is 26.2 Å². The second kappa shape index (κ2) is 9.59. The molecule has 0 bridgehead atoms. The molecule has 0 saturated heterocycles. The van der Waals surface area contributed by atoms with Crippen molar-refractivity contribution in [1.29, 1.82) is 0 Å². The largest absolute Gasteiger partial charge is 0.386 e. The average Bonchev–Trinajstić information content (AvgIpc) is 3.20. The predicted molar refractivity (Wildman–Crippen MR) is 91.1 cm³/mol. The summed E-state index contributed by atoms with van der Waals surface area (Å²) in [5.41, 5.74) is 0. The predicted octanol–water partition coefficient (Wildman–Crippen LogP) is 0.887. The second-order valence-corrected chi connectivity index (χ2v) is 6.54. The van der Waals surface area contributed by atoms with Gasteiger partial charge in [-0.25, -0.2) is 18.3 Å². The minimum atomic E-state index is -0.788. The van der Waals surface area contributed by atoms with Crippen molar-refractivity contribution in [3.05, 3.63) is 37.4 Å². The van der Waals surface area contributed by atoms with Gasteiger partial charge < -0.3 is 10.2 Å². The zero-order valence-electron chi connectivity index (χ0n) is 15.0. The van der Waals surface area contributed by atoms with Gasteiger partial charge in [0.2, 0.25) is 12.7 Å². The van der Waals surface area contributed by atoms with Crippen LogP contribution in [0.2, 0.25) is 0 Å². The van der Waals surface area contributed by atoms with Gasteiger partial charge in [-0.3, -0.25) is 0 Å². The minimum Gasteiger partial charge on any atom is -0.386 e. The van der Waals surface area contributed by atoms with Gasteiger partial charge in [-0.1, -0.05) is 26.7 Å². The van der Waals surface area contributed by atoms with Crippen molar-refractivity contribution in [2.24, 2.45) is 0 Å². The van der Waals surface area contributed by atoms with E-state index in [4.69, 9.17) is 0 Å². The van der Waals surface area contributed by atoms with E-state index in [1.54, 1.807) is 0 Å². The maximum atomic E-state index is 10.3. The summed E-state index contributed by atoms with van der Waals surface area (Å²) in [6, 6.07) is 0. The van der Waals surface area contributed by atoms with Crippen LogP contribution < -0.4 is 9.13 Å². The van der Waals surface area contributed by atoms with E-state index in [2.05, 4.69) is 23.0 Å². The van der Waals surface area contributed by atoms with Gasteiger partial charge in [0.15, 0.2) is 0 Å². The van der Waals surface area contributed by atoms with Gasteiger partial charge in [-0.15, -0.1) is 0 Å². The fraction of sp³-hybridized carbons (Fsp3) is 0.667. The van der Waals surface area contributed by atoms with Crippen molar-refractivity contribution >= 4 is 0 Å². The smallest absolute Gasteiger partial charge is 0.243 e. The number of aryl methyl sites for hydroxylation is 2. The Balaban J connectivity index is 1.82. The number of hydrogen-bond donors (Lipinski definition) is 2. The molecule has 0 aliphatic rings. The van der Waals surface area contributed by atoms with E-state index in [1.165, 1.54) is 0 Å². The monoisotopic (exact) mass is 336 g/mol. The van der Waals surface area contributed by atoms with Crippen LogP contribution in [-0.4, -0.2) is 31.6 Å². The van der Waals surface area contributed by atoms with Crippen molar-refractivity contribution < 1.29 is 19.3 Å². The van der Waals surface area contributed by atoms with E-state index in [-0.39, 0.29) is 0 Å². The highest BCUT2D eigenvalue weighted by molar-refractivity contribution is 4.69. The molecule has 2 heterocycles. The summed E-state index contributed by atoms with van der Waals surface area (Å²) in [6.07, 6.45) is 14.9. The van der Waals surface area contributed by atoms with Gasteiger partial charge in [0.1, 0.15) is 50.1 Å². The van der Waals surface area contributed by atoms with Crippen LogP contribution in [0.15, 0.2) is 37.4 Å². The molecule has 0 aliphatic heterocycles. The number of aliphatic hydroxyl groups excluding tert-OH is 2. The molecule has 0 amide bonds. The van der Waals surface area contributed by atoms with Gasteiger partial charge in [0.25, 0.3) is 0 Å². The Kier molecular flexibility index (Phi) is 7.46. The molecule has 2 aromatic heterocycles. The van der Waals surface area contributed by atoms with E-state index in [0.717, 1.165) is 38.8 Å². The third kappa shape index (κ3) is 5.76. The van der Waals surface area contributed by atoms with Crippen molar-refractivity contribution in [3.8, 4) is 0 Å². The van der Waals surface area contributed by atoms with Crippen LogP contribution in [0, 0.1) is 0 Å². The topological polar surface area (TPSA) is 58.1 Å². The van der Waals surface area contributed by atoms with Gasteiger partial charge >= 0.3 is 0 Å². The highest BCUT2D eigenvalue weighted by atomic mass is 16.3. The van der Waals surface area contributed by atoms with Crippen molar-refractivity contribution in [2.75, 3.05) is 0 Å². The SMILES string of the molecule is CCCCn1cc[n+](C[C@H](O)[C@@H](O)C[n+]2ccn(CCCC)c2)c1. The molecule has 0 aromatic carbocycles. The molecule has 0 radical (unpaired) electrons. The van der Waals surface area contributed by atoms with Crippen LogP contribution >= 0.6 is 0 Å². The Morgan fingerprint density at radius 2 is 1.21 bits per heavy atom. The lowest BCUT2D eigenvalue weighted by Crippen LogP contribution is -2.49. The van der Waals surface area contributed by atoms with Crippen LogP contribution in [0.25, 0.3) is 0 Å².